The van der Waals surface area contributed by atoms with Crippen LogP contribution < -0.4 is 10.1 Å². The highest BCUT2D eigenvalue weighted by atomic mass is 79.9. The Bertz CT molecular complexity index is 934. The van der Waals surface area contributed by atoms with Crippen molar-refractivity contribution in [1.29, 1.82) is 0 Å². The first-order chi connectivity index (χ1) is 12.1. The van der Waals surface area contributed by atoms with Crippen molar-refractivity contribution < 1.29 is 14.1 Å². The van der Waals surface area contributed by atoms with E-state index in [1.807, 2.05) is 49.4 Å². The van der Waals surface area contributed by atoms with Gasteiger partial charge in [-0.05, 0) is 55.0 Å². The van der Waals surface area contributed by atoms with Gasteiger partial charge in [0.05, 0.1) is 0 Å². The van der Waals surface area contributed by atoms with Crippen molar-refractivity contribution in [2.24, 2.45) is 0 Å². The summed E-state index contributed by atoms with van der Waals surface area (Å²) in [6, 6.07) is 14.8. The second-order valence-corrected chi connectivity index (χ2v) is 6.91. The van der Waals surface area contributed by atoms with Crippen LogP contribution in [0.1, 0.15) is 23.0 Å². The summed E-state index contributed by atoms with van der Waals surface area (Å²) in [4.78, 5) is 12.3. The number of rotatable bonds is 3. The zero-order chi connectivity index (χ0) is 17.4. The van der Waals surface area contributed by atoms with Crippen molar-refractivity contribution in [1.82, 2.24) is 5.16 Å². The number of ether oxygens (including phenoxy) is 1. The first-order valence-electron chi connectivity index (χ1n) is 7.92. The van der Waals surface area contributed by atoms with Gasteiger partial charge in [-0.15, -0.1) is 0 Å². The van der Waals surface area contributed by atoms with E-state index in [-0.39, 0.29) is 17.7 Å². The molecule has 5 nitrogen and oxygen atoms in total. The molecule has 2 heterocycles. The molecule has 6 heteroatoms. The van der Waals surface area contributed by atoms with E-state index in [4.69, 9.17) is 9.26 Å². The molecule has 1 N–H and O–H groups in total. The van der Waals surface area contributed by atoms with E-state index < -0.39 is 0 Å². The van der Waals surface area contributed by atoms with Crippen LogP contribution in [0.3, 0.4) is 0 Å². The van der Waals surface area contributed by atoms with Crippen LogP contribution >= 0.6 is 15.9 Å². The van der Waals surface area contributed by atoms with Crippen molar-refractivity contribution in [2.45, 2.75) is 19.4 Å². The number of benzene rings is 2. The van der Waals surface area contributed by atoms with Gasteiger partial charge in [0.25, 0.3) is 5.91 Å². The number of fused-ring (bicyclic) bond motifs is 1. The molecule has 0 saturated heterocycles. The molecule has 4 rings (SSSR count). The molecule has 1 aromatic heterocycles. The monoisotopic (exact) mass is 398 g/mol. The van der Waals surface area contributed by atoms with Crippen LogP contribution in [0, 0.1) is 0 Å². The predicted molar refractivity (Wildman–Crippen MR) is 97.8 cm³/mol. The molecule has 1 amide bonds. The molecule has 0 spiro atoms. The van der Waals surface area contributed by atoms with Gasteiger partial charge in [-0.1, -0.05) is 21.1 Å². The van der Waals surface area contributed by atoms with Crippen LogP contribution in [0.5, 0.6) is 5.75 Å². The van der Waals surface area contributed by atoms with Gasteiger partial charge in [-0.25, -0.2) is 0 Å². The van der Waals surface area contributed by atoms with E-state index in [1.54, 1.807) is 6.07 Å². The molecule has 0 radical (unpaired) electrons. The summed E-state index contributed by atoms with van der Waals surface area (Å²) in [5.74, 6) is 1.16. The van der Waals surface area contributed by atoms with Gasteiger partial charge in [0.1, 0.15) is 11.9 Å². The number of aromatic nitrogens is 1. The van der Waals surface area contributed by atoms with Crippen LogP contribution in [0.25, 0.3) is 11.3 Å². The van der Waals surface area contributed by atoms with Gasteiger partial charge in [0.2, 0.25) is 0 Å². The zero-order valence-corrected chi connectivity index (χ0v) is 15.0. The summed E-state index contributed by atoms with van der Waals surface area (Å²) in [5.41, 5.74) is 2.96. The van der Waals surface area contributed by atoms with E-state index >= 15 is 0 Å². The summed E-state index contributed by atoms with van der Waals surface area (Å²) in [5, 5.41) is 6.68. The van der Waals surface area contributed by atoms with E-state index in [9.17, 15) is 4.79 Å². The molecule has 0 aliphatic carbocycles. The lowest BCUT2D eigenvalue weighted by Crippen LogP contribution is -2.11. The van der Waals surface area contributed by atoms with Crippen molar-refractivity contribution in [3.63, 3.8) is 0 Å². The fourth-order valence-corrected chi connectivity index (χ4v) is 3.09. The summed E-state index contributed by atoms with van der Waals surface area (Å²) >= 11 is 3.36. The highest BCUT2D eigenvalue weighted by molar-refractivity contribution is 9.10. The average molecular weight is 399 g/mol. The number of anilines is 1. The van der Waals surface area contributed by atoms with Gasteiger partial charge < -0.3 is 14.6 Å². The van der Waals surface area contributed by atoms with Crippen LogP contribution in [0.2, 0.25) is 0 Å². The second-order valence-electron chi connectivity index (χ2n) is 5.99. The minimum atomic E-state index is -0.310. The Morgan fingerprint density at radius 3 is 2.80 bits per heavy atom. The maximum atomic E-state index is 12.3. The number of halogens is 1. The minimum Gasteiger partial charge on any atom is -0.490 e. The molecular weight excluding hydrogens is 384 g/mol. The Hall–Kier alpha value is -2.60. The number of hydrogen-bond donors (Lipinski definition) is 1. The number of carbonyl (C=O) groups excluding carboxylic acids is 1. The fourth-order valence-electron chi connectivity index (χ4n) is 2.82. The fraction of sp³-hybridized carbons (Fsp3) is 0.158. The smallest absolute Gasteiger partial charge is 0.277 e. The first kappa shape index (κ1) is 15.9. The standard InChI is InChI=1S/C19H15BrN2O3/c1-11-8-13-9-12(2-7-17(13)24-11)18-10-16(22-25-18)19(23)21-15-5-3-14(20)4-6-15/h2-7,9-11H,8H2,1H3,(H,21,23)/t11-/m1/s1. The highest BCUT2D eigenvalue weighted by Gasteiger charge is 2.21. The highest BCUT2D eigenvalue weighted by Crippen LogP contribution is 2.33. The summed E-state index contributed by atoms with van der Waals surface area (Å²) in [7, 11) is 0. The van der Waals surface area contributed by atoms with Gasteiger partial charge in [-0.3, -0.25) is 4.79 Å². The van der Waals surface area contributed by atoms with Crippen molar-refractivity contribution in [3.05, 3.63) is 64.3 Å². The van der Waals surface area contributed by atoms with E-state index in [2.05, 4.69) is 26.4 Å². The molecule has 1 aliphatic rings. The molecule has 0 bridgehead atoms. The molecule has 25 heavy (non-hydrogen) atoms. The first-order valence-corrected chi connectivity index (χ1v) is 8.71. The van der Waals surface area contributed by atoms with Crippen molar-refractivity contribution in [3.8, 4) is 17.1 Å². The third-order valence-corrected chi connectivity index (χ3v) is 4.55. The topological polar surface area (TPSA) is 64.4 Å². The van der Waals surface area contributed by atoms with Crippen LogP contribution in [0.4, 0.5) is 5.69 Å². The van der Waals surface area contributed by atoms with Gasteiger partial charge >= 0.3 is 0 Å². The lowest BCUT2D eigenvalue weighted by atomic mass is 10.1. The van der Waals surface area contributed by atoms with Gasteiger partial charge in [-0.2, -0.15) is 0 Å². The number of nitrogens with one attached hydrogen (secondary N) is 1. The summed E-state index contributed by atoms with van der Waals surface area (Å²) in [6.07, 6.45) is 1.06. The van der Waals surface area contributed by atoms with E-state index in [0.29, 0.717) is 11.4 Å². The normalized spacial score (nSPS) is 15.5. The average Bonchev–Trinajstić information content (AvgIpc) is 3.22. The molecular formula is C19H15BrN2O3. The summed E-state index contributed by atoms with van der Waals surface area (Å²) < 4.78 is 12.0. The largest absolute Gasteiger partial charge is 0.490 e. The number of hydrogen-bond acceptors (Lipinski definition) is 4. The Morgan fingerprint density at radius 2 is 2.00 bits per heavy atom. The Balaban J connectivity index is 1.53. The van der Waals surface area contributed by atoms with E-state index in [1.165, 1.54) is 0 Å². The SMILES string of the molecule is C[C@@H]1Cc2cc(-c3cc(C(=O)Nc4ccc(Br)cc4)no3)ccc2O1. The van der Waals surface area contributed by atoms with E-state index in [0.717, 1.165) is 27.8 Å². The minimum absolute atomic E-state index is 0.187. The number of carbonyl (C=O) groups is 1. The molecule has 1 aliphatic heterocycles. The second kappa shape index (κ2) is 6.37. The molecule has 126 valence electrons. The van der Waals surface area contributed by atoms with Gasteiger partial charge in [0.15, 0.2) is 11.5 Å². The molecule has 0 saturated carbocycles. The lowest BCUT2D eigenvalue weighted by Gasteiger charge is -2.02. The van der Waals surface area contributed by atoms with Crippen LogP contribution in [0.15, 0.2) is 57.5 Å². The molecule has 0 fully saturated rings. The maximum absolute atomic E-state index is 12.3. The Morgan fingerprint density at radius 1 is 1.20 bits per heavy atom. The number of nitrogens with zero attached hydrogens (tertiary/aromatic N) is 1. The zero-order valence-electron chi connectivity index (χ0n) is 13.5. The maximum Gasteiger partial charge on any atom is 0.277 e. The van der Waals surface area contributed by atoms with Crippen LogP contribution in [-0.4, -0.2) is 17.2 Å². The predicted octanol–water partition coefficient (Wildman–Crippen LogP) is 4.68. The summed E-state index contributed by atoms with van der Waals surface area (Å²) in [6.45, 7) is 2.04. The Kier molecular flexibility index (Phi) is 4.05. The molecule has 1 atom stereocenters. The van der Waals surface area contributed by atoms with Crippen LogP contribution in [-0.2, 0) is 6.42 Å². The van der Waals surface area contributed by atoms with Crippen molar-refractivity contribution in [2.75, 3.05) is 5.32 Å². The van der Waals surface area contributed by atoms with Crippen molar-refractivity contribution >= 4 is 27.5 Å². The Labute approximate surface area is 153 Å². The molecule has 0 unspecified atom stereocenters. The number of amides is 1. The molecule has 2 aromatic carbocycles. The third-order valence-electron chi connectivity index (χ3n) is 4.03. The third kappa shape index (κ3) is 3.30. The quantitative estimate of drug-likeness (QED) is 0.695. The molecule has 3 aromatic rings. The lowest BCUT2D eigenvalue weighted by molar-refractivity contribution is 0.101. The van der Waals surface area contributed by atoms with Gasteiger partial charge in [0, 0.05) is 28.2 Å².